The average Bonchev–Trinajstić information content (AvgIpc) is 2.85. The largest absolute Gasteiger partial charge is 0.296 e. The minimum atomic E-state index is -3.37. The summed E-state index contributed by atoms with van der Waals surface area (Å²) in [6.07, 6.45) is 4.08. The van der Waals surface area contributed by atoms with E-state index in [1.807, 2.05) is 0 Å². The second-order valence-electron chi connectivity index (χ2n) is 4.82. The van der Waals surface area contributed by atoms with Crippen molar-refractivity contribution in [3.63, 3.8) is 0 Å². The molecule has 4 aliphatic rings. The predicted octanol–water partition coefficient (Wildman–Crippen LogP) is 1.18. The summed E-state index contributed by atoms with van der Waals surface area (Å²) in [5.74, 6) is 0.324. The van der Waals surface area contributed by atoms with Crippen molar-refractivity contribution >= 4 is 19.7 Å². The van der Waals surface area contributed by atoms with Crippen molar-refractivity contribution in [1.82, 2.24) is 4.90 Å². The molecule has 1 atom stereocenters. The van der Waals surface area contributed by atoms with E-state index in [4.69, 9.17) is 10.7 Å². The SMILES string of the molecule is O=S(=O)(Cl)C1C2CCN(CC2)C12CC2. The number of piperidine rings is 3. The summed E-state index contributed by atoms with van der Waals surface area (Å²) in [6, 6.07) is 0. The lowest BCUT2D eigenvalue weighted by molar-refractivity contribution is 0.0387. The van der Waals surface area contributed by atoms with Gasteiger partial charge in [-0.25, -0.2) is 8.42 Å². The molecule has 1 spiro atoms. The Bertz CT molecular complexity index is 355. The van der Waals surface area contributed by atoms with Gasteiger partial charge < -0.3 is 0 Å². The highest BCUT2D eigenvalue weighted by atomic mass is 35.7. The van der Waals surface area contributed by atoms with E-state index < -0.39 is 9.05 Å². The first-order valence-electron chi connectivity index (χ1n) is 5.23. The van der Waals surface area contributed by atoms with Crippen LogP contribution in [0.4, 0.5) is 0 Å². The zero-order valence-electron chi connectivity index (χ0n) is 7.95. The van der Waals surface area contributed by atoms with Gasteiger partial charge in [0.05, 0.1) is 5.25 Å². The summed E-state index contributed by atoms with van der Waals surface area (Å²) < 4.78 is 23.1. The van der Waals surface area contributed by atoms with Crippen LogP contribution in [0.2, 0.25) is 0 Å². The van der Waals surface area contributed by atoms with Crippen LogP contribution in [0.25, 0.3) is 0 Å². The standard InChI is InChI=1S/C9H14ClNO2S/c10-14(12,13)8-7-1-5-11(6-2-7)9(8)3-4-9/h7-8H,1-6H2. The topological polar surface area (TPSA) is 37.4 Å². The molecular formula is C9H14ClNO2S. The first-order valence-corrected chi connectivity index (χ1v) is 7.60. The smallest absolute Gasteiger partial charge is 0.237 e. The maximum absolute atomic E-state index is 11.6. The molecule has 0 radical (unpaired) electrons. The Hall–Kier alpha value is 0.200. The van der Waals surface area contributed by atoms with Gasteiger partial charge in [-0.1, -0.05) is 0 Å². The summed E-state index contributed by atoms with van der Waals surface area (Å²) in [7, 11) is 2.20. The summed E-state index contributed by atoms with van der Waals surface area (Å²) in [5, 5.41) is -0.279. The zero-order chi connectivity index (χ0) is 9.97. The number of fused-ring (bicyclic) bond motifs is 2. The highest BCUT2D eigenvalue weighted by Gasteiger charge is 2.64. The summed E-state index contributed by atoms with van der Waals surface area (Å²) in [4.78, 5) is 2.36. The normalized spacial score (nSPS) is 44.2. The number of halogens is 1. The van der Waals surface area contributed by atoms with Gasteiger partial charge in [0.1, 0.15) is 0 Å². The van der Waals surface area contributed by atoms with Crippen LogP contribution in [0.3, 0.4) is 0 Å². The molecule has 1 unspecified atom stereocenters. The molecule has 0 N–H and O–H groups in total. The van der Waals surface area contributed by atoms with Gasteiger partial charge >= 0.3 is 0 Å². The molecule has 3 nitrogen and oxygen atoms in total. The molecule has 1 aliphatic carbocycles. The van der Waals surface area contributed by atoms with Gasteiger partial charge in [-0.3, -0.25) is 4.90 Å². The predicted molar refractivity (Wildman–Crippen MR) is 54.8 cm³/mol. The Morgan fingerprint density at radius 2 is 1.79 bits per heavy atom. The minimum Gasteiger partial charge on any atom is -0.296 e. The lowest BCUT2D eigenvalue weighted by Crippen LogP contribution is -2.61. The molecule has 3 saturated heterocycles. The van der Waals surface area contributed by atoms with E-state index in [1.54, 1.807) is 0 Å². The second-order valence-corrected chi connectivity index (χ2v) is 7.57. The van der Waals surface area contributed by atoms with E-state index >= 15 is 0 Å². The molecular weight excluding hydrogens is 222 g/mol. The van der Waals surface area contributed by atoms with Crippen LogP contribution in [-0.2, 0) is 9.05 Å². The molecule has 4 fully saturated rings. The lowest BCUT2D eigenvalue weighted by atomic mass is 9.81. The van der Waals surface area contributed by atoms with E-state index in [0.717, 1.165) is 38.8 Å². The molecule has 1 saturated carbocycles. The number of rotatable bonds is 1. The number of hydrogen-bond acceptors (Lipinski definition) is 3. The highest BCUT2D eigenvalue weighted by Crippen LogP contribution is 2.56. The van der Waals surface area contributed by atoms with Gasteiger partial charge in [-0.15, -0.1) is 0 Å². The molecule has 0 amide bonds. The number of nitrogens with zero attached hydrogens (tertiary/aromatic N) is 1. The van der Waals surface area contributed by atoms with Crippen molar-refractivity contribution in [1.29, 1.82) is 0 Å². The lowest BCUT2D eigenvalue weighted by Gasteiger charge is -2.50. The Morgan fingerprint density at radius 3 is 2.14 bits per heavy atom. The fourth-order valence-corrected chi connectivity index (χ4v) is 6.06. The Kier molecular flexibility index (Phi) is 1.79. The van der Waals surface area contributed by atoms with E-state index in [9.17, 15) is 8.42 Å². The maximum Gasteiger partial charge on any atom is 0.237 e. The molecule has 0 aromatic rings. The average molecular weight is 236 g/mol. The van der Waals surface area contributed by atoms with Crippen LogP contribution in [0, 0.1) is 5.92 Å². The Balaban J connectivity index is 2.03. The fraction of sp³-hybridized carbons (Fsp3) is 1.00. The molecule has 3 aliphatic heterocycles. The van der Waals surface area contributed by atoms with Crippen LogP contribution in [0.15, 0.2) is 0 Å². The minimum absolute atomic E-state index is 0.0399. The third kappa shape index (κ3) is 1.11. The molecule has 80 valence electrons. The molecule has 14 heavy (non-hydrogen) atoms. The van der Waals surface area contributed by atoms with Gasteiger partial charge in [-0.2, -0.15) is 0 Å². The fourth-order valence-electron chi connectivity index (χ4n) is 3.49. The molecule has 0 aromatic heterocycles. The third-order valence-corrected chi connectivity index (χ3v) is 6.20. The van der Waals surface area contributed by atoms with E-state index in [-0.39, 0.29) is 10.8 Å². The highest BCUT2D eigenvalue weighted by molar-refractivity contribution is 8.14. The van der Waals surface area contributed by atoms with Crippen LogP contribution >= 0.6 is 10.7 Å². The Labute approximate surface area is 88.8 Å². The van der Waals surface area contributed by atoms with Gasteiger partial charge in [0.2, 0.25) is 9.05 Å². The first-order chi connectivity index (χ1) is 6.54. The monoisotopic (exact) mass is 235 g/mol. The second kappa shape index (κ2) is 2.66. The van der Waals surface area contributed by atoms with Crippen molar-refractivity contribution in [2.45, 2.75) is 36.5 Å². The van der Waals surface area contributed by atoms with Crippen LogP contribution < -0.4 is 0 Å². The molecule has 2 bridgehead atoms. The van der Waals surface area contributed by atoms with E-state index in [0.29, 0.717) is 5.92 Å². The summed E-state index contributed by atoms with van der Waals surface area (Å²) in [6.45, 7) is 2.15. The van der Waals surface area contributed by atoms with Crippen LogP contribution in [0.1, 0.15) is 25.7 Å². The first kappa shape index (κ1) is 9.43. The third-order valence-electron chi connectivity index (χ3n) is 4.19. The zero-order valence-corrected chi connectivity index (χ0v) is 9.52. The van der Waals surface area contributed by atoms with E-state index in [2.05, 4.69) is 4.90 Å². The van der Waals surface area contributed by atoms with Crippen molar-refractivity contribution in [3.8, 4) is 0 Å². The van der Waals surface area contributed by atoms with Crippen molar-refractivity contribution in [2.24, 2.45) is 5.92 Å². The van der Waals surface area contributed by atoms with Gasteiger partial charge in [-0.05, 0) is 44.7 Å². The molecule has 0 aromatic carbocycles. The molecule has 5 heteroatoms. The van der Waals surface area contributed by atoms with Gasteiger partial charge in [0, 0.05) is 16.2 Å². The molecule has 4 rings (SSSR count). The molecule has 3 heterocycles. The quantitative estimate of drug-likeness (QED) is 0.641. The van der Waals surface area contributed by atoms with Crippen molar-refractivity contribution in [3.05, 3.63) is 0 Å². The van der Waals surface area contributed by atoms with Crippen LogP contribution in [0.5, 0.6) is 0 Å². The van der Waals surface area contributed by atoms with Gasteiger partial charge in [0.25, 0.3) is 0 Å². The Morgan fingerprint density at radius 1 is 1.21 bits per heavy atom. The van der Waals surface area contributed by atoms with Crippen molar-refractivity contribution < 1.29 is 8.42 Å². The van der Waals surface area contributed by atoms with Crippen molar-refractivity contribution in [2.75, 3.05) is 13.1 Å². The summed E-state index contributed by atoms with van der Waals surface area (Å²) >= 11 is 0. The van der Waals surface area contributed by atoms with Gasteiger partial charge in [0.15, 0.2) is 0 Å². The van der Waals surface area contributed by atoms with E-state index in [1.165, 1.54) is 0 Å². The maximum atomic E-state index is 11.6. The number of hydrogen-bond donors (Lipinski definition) is 0. The van der Waals surface area contributed by atoms with Crippen LogP contribution in [-0.4, -0.2) is 37.2 Å². The summed E-state index contributed by atoms with van der Waals surface area (Å²) in [5.41, 5.74) is -0.0399.